The summed E-state index contributed by atoms with van der Waals surface area (Å²) in [6.45, 7) is 3.55. The van der Waals surface area contributed by atoms with E-state index in [1.165, 1.54) is 0 Å². The summed E-state index contributed by atoms with van der Waals surface area (Å²) >= 11 is 0. The molecule has 3 rings (SSSR count). The van der Waals surface area contributed by atoms with E-state index in [1.54, 1.807) is 12.5 Å². The summed E-state index contributed by atoms with van der Waals surface area (Å²) in [5, 5.41) is 9.35. The highest BCUT2D eigenvalue weighted by molar-refractivity contribution is 5.74. The fraction of sp³-hybridized carbons (Fsp3) is 0.375. The highest BCUT2D eigenvalue weighted by Crippen LogP contribution is 2.26. The lowest BCUT2D eigenvalue weighted by molar-refractivity contribution is -0.143. The van der Waals surface area contributed by atoms with Crippen LogP contribution >= 0.6 is 0 Å². The Hall–Kier alpha value is -2.14. The van der Waals surface area contributed by atoms with Crippen LogP contribution in [0.4, 0.5) is 0 Å². The van der Waals surface area contributed by atoms with Crippen LogP contribution in [-0.2, 0) is 11.3 Å². The number of rotatable bonds is 4. The van der Waals surface area contributed by atoms with Crippen molar-refractivity contribution in [2.45, 2.75) is 25.9 Å². The van der Waals surface area contributed by atoms with Gasteiger partial charge >= 0.3 is 5.97 Å². The maximum Gasteiger partial charge on any atom is 0.321 e. The van der Waals surface area contributed by atoms with Gasteiger partial charge in [0.2, 0.25) is 0 Å². The van der Waals surface area contributed by atoms with Crippen molar-refractivity contribution in [2.75, 3.05) is 6.54 Å². The first-order valence-electron chi connectivity index (χ1n) is 7.19. The van der Waals surface area contributed by atoms with Crippen LogP contribution in [0.5, 0.6) is 0 Å². The van der Waals surface area contributed by atoms with Gasteiger partial charge in [0.25, 0.3) is 0 Å². The van der Waals surface area contributed by atoms with Crippen LogP contribution in [0.25, 0.3) is 5.69 Å². The second-order valence-electron chi connectivity index (χ2n) is 5.66. The minimum absolute atomic E-state index is 0.215. The SMILES string of the molecule is CC1CCN(Cc2ccc(-n3ccnc3)cc2)C1C(=O)O. The molecule has 0 aliphatic carbocycles. The molecule has 1 N–H and O–H groups in total. The van der Waals surface area contributed by atoms with Crippen molar-refractivity contribution in [1.29, 1.82) is 0 Å². The molecule has 0 radical (unpaired) electrons. The molecule has 0 spiro atoms. The summed E-state index contributed by atoms with van der Waals surface area (Å²) in [5.41, 5.74) is 2.19. The van der Waals surface area contributed by atoms with Crippen LogP contribution in [0.15, 0.2) is 43.0 Å². The molecule has 1 aliphatic rings. The van der Waals surface area contributed by atoms with Crippen LogP contribution < -0.4 is 0 Å². The van der Waals surface area contributed by atoms with Gasteiger partial charge < -0.3 is 9.67 Å². The molecule has 0 amide bonds. The van der Waals surface area contributed by atoms with Crippen molar-refractivity contribution in [3.63, 3.8) is 0 Å². The number of likely N-dealkylation sites (tertiary alicyclic amines) is 1. The summed E-state index contributed by atoms with van der Waals surface area (Å²) < 4.78 is 1.95. The van der Waals surface area contributed by atoms with Crippen molar-refractivity contribution in [2.24, 2.45) is 5.92 Å². The summed E-state index contributed by atoms with van der Waals surface area (Å²) in [6.07, 6.45) is 6.36. The number of imidazole rings is 1. The minimum Gasteiger partial charge on any atom is -0.480 e. The van der Waals surface area contributed by atoms with Gasteiger partial charge in [-0.05, 0) is 36.6 Å². The highest BCUT2D eigenvalue weighted by atomic mass is 16.4. The molecular weight excluding hydrogens is 266 g/mol. The number of benzene rings is 1. The molecule has 0 saturated carbocycles. The standard InChI is InChI=1S/C16H19N3O2/c1-12-6-8-18(15(12)16(20)21)10-13-2-4-14(5-3-13)19-9-7-17-11-19/h2-5,7,9,11-12,15H,6,8,10H2,1H3,(H,20,21). The van der Waals surface area contributed by atoms with Gasteiger partial charge in [0.15, 0.2) is 0 Å². The number of aromatic nitrogens is 2. The summed E-state index contributed by atoms with van der Waals surface area (Å²) in [6, 6.07) is 7.81. The van der Waals surface area contributed by atoms with Gasteiger partial charge in [0.05, 0.1) is 6.33 Å². The number of hydrogen-bond acceptors (Lipinski definition) is 3. The van der Waals surface area contributed by atoms with Crippen molar-refractivity contribution in [3.8, 4) is 5.69 Å². The van der Waals surface area contributed by atoms with E-state index in [1.807, 2.05) is 29.8 Å². The first-order chi connectivity index (χ1) is 10.1. The van der Waals surface area contributed by atoms with Gasteiger partial charge in [0.1, 0.15) is 6.04 Å². The lowest BCUT2D eigenvalue weighted by Gasteiger charge is -2.23. The van der Waals surface area contributed by atoms with Crippen LogP contribution in [-0.4, -0.2) is 38.1 Å². The van der Waals surface area contributed by atoms with E-state index in [2.05, 4.69) is 22.0 Å². The average Bonchev–Trinajstić information content (AvgIpc) is 3.10. The lowest BCUT2D eigenvalue weighted by Crippen LogP contribution is -2.38. The Kier molecular flexibility index (Phi) is 3.75. The van der Waals surface area contributed by atoms with Crippen LogP contribution in [0.1, 0.15) is 18.9 Å². The van der Waals surface area contributed by atoms with Gasteiger partial charge in [-0.25, -0.2) is 4.98 Å². The van der Waals surface area contributed by atoms with Crippen molar-refractivity contribution in [3.05, 3.63) is 48.5 Å². The maximum absolute atomic E-state index is 11.4. The predicted octanol–water partition coefficient (Wildman–Crippen LogP) is 2.17. The van der Waals surface area contributed by atoms with Crippen molar-refractivity contribution in [1.82, 2.24) is 14.5 Å². The Balaban J connectivity index is 1.72. The summed E-state index contributed by atoms with van der Waals surface area (Å²) in [7, 11) is 0. The number of nitrogens with zero attached hydrogens (tertiary/aromatic N) is 3. The third-order valence-electron chi connectivity index (χ3n) is 4.18. The first-order valence-corrected chi connectivity index (χ1v) is 7.19. The van der Waals surface area contributed by atoms with Crippen LogP contribution in [0.2, 0.25) is 0 Å². The average molecular weight is 285 g/mol. The third-order valence-corrected chi connectivity index (χ3v) is 4.18. The predicted molar refractivity (Wildman–Crippen MR) is 79.2 cm³/mol. The zero-order valence-electron chi connectivity index (χ0n) is 12.0. The van der Waals surface area contributed by atoms with Crippen LogP contribution in [0, 0.1) is 5.92 Å². The molecule has 2 unspecified atom stereocenters. The van der Waals surface area contributed by atoms with Crippen molar-refractivity contribution < 1.29 is 9.90 Å². The Morgan fingerprint density at radius 1 is 1.38 bits per heavy atom. The normalized spacial score (nSPS) is 22.5. The molecule has 1 aromatic heterocycles. The van der Waals surface area contributed by atoms with Gasteiger partial charge in [-0.15, -0.1) is 0 Å². The number of carbonyl (C=O) groups is 1. The first kappa shape index (κ1) is 13.8. The van der Waals surface area contributed by atoms with E-state index in [4.69, 9.17) is 0 Å². The number of aliphatic carboxylic acids is 1. The van der Waals surface area contributed by atoms with Crippen molar-refractivity contribution >= 4 is 5.97 Å². The molecule has 5 heteroatoms. The smallest absolute Gasteiger partial charge is 0.321 e. The lowest BCUT2D eigenvalue weighted by atomic mass is 10.0. The fourth-order valence-electron chi connectivity index (χ4n) is 3.02. The number of carboxylic acid groups (broad SMARTS) is 1. The Labute approximate surface area is 123 Å². The van der Waals surface area contributed by atoms with Gasteiger partial charge in [0, 0.05) is 24.6 Å². The zero-order chi connectivity index (χ0) is 14.8. The van der Waals surface area contributed by atoms with Crippen LogP contribution in [0.3, 0.4) is 0 Å². The molecular formula is C16H19N3O2. The topological polar surface area (TPSA) is 58.4 Å². The third kappa shape index (κ3) is 2.83. The number of hydrogen-bond donors (Lipinski definition) is 1. The van der Waals surface area contributed by atoms with Gasteiger partial charge in [-0.2, -0.15) is 0 Å². The molecule has 2 heterocycles. The molecule has 1 saturated heterocycles. The monoisotopic (exact) mass is 285 g/mol. The highest BCUT2D eigenvalue weighted by Gasteiger charge is 2.36. The molecule has 2 aromatic rings. The summed E-state index contributed by atoms with van der Waals surface area (Å²) in [4.78, 5) is 17.5. The van der Waals surface area contributed by atoms with E-state index in [-0.39, 0.29) is 12.0 Å². The number of carboxylic acids is 1. The molecule has 1 aliphatic heterocycles. The molecule has 21 heavy (non-hydrogen) atoms. The Morgan fingerprint density at radius 2 is 2.14 bits per heavy atom. The molecule has 1 fully saturated rings. The van der Waals surface area contributed by atoms with E-state index in [0.29, 0.717) is 6.54 Å². The maximum atomic E-state index is 11.4. The van der Waals surface area contributed by atoms with E-state index >= 15 is 0 Å². The minimum atomic E-state index is -0.713. The Bertz CT molecular complexity index is 607. The molecule has 5 nitrogen and oxygen atoms in total. The van der Waals surface area contributed by atoms with E-state index < -0.39 is 5.97 Å². The molecule has 2 atom stereocenters. The molecule has 1 aromatic carbocycles. The van der Waals surface area contributed by atoms with E-state index in [9.17, 15) is 9.90 Å². The fourth-order valence-corrected chi connectivity index (χ4v) is 3.02. The summed E-state index contributed by atoms with van der Waals surface area (Å²) in [5.74, 6) is -0.497. The Morgan fingerprint density at radius 3 is 2.76 bits per heavy atom. The second-order valence-corrected chi connectivity index (χ2v) is 5.66. The van der Waals surface area contributed by atoms with Gasteiger partial charge in [-0.1, -0.05) is 19.1 Å². The second kappa shape index (κ2) is 5.69. The molecule has 0 bridgehead atoms. The van der Waals surface area contributed by atoms with E-state index in [0.717, 1.165) is 24.2 Å². The van der Waals surface area contributed by atoms with Gasteiger partial charge in [-0.3, -0.25) is 9.69 Å². The molecule has 110 valence electrons. The largest absolute Gasteiger partial charge is 0.480 e. The zero-order valence-corrected chi connectivity index (χ0v) is 12.0. The quantitative estimate of drug-likeness (QED) is 0.935.